The van der Waals surface area contributed by atoms with Gasteiger partial charge in [0.05, 0.1) is 4.92 Å². The predicted octanol–water partition coefficient (Wildman–Crippen LogP) is 1.19. The van der Waals surface area contributed by atoms with E-state index in [4.69, 9.17) is 0 Å². The summed E-state index contributed by atoms with van der Waals surface area (Å²) in [5, 5.41) is 14.2. The molecule has 0 unspecified atom stereocenters. The van der Waals surface area contributed by atoms with E-state index in [1.807, 2.05) is 0 Å². The Balaban J connectivity index is 2.71. The van der Waals surface area contributed by atoms with Crippen LogP contribution in [-0.4, -0.2) is 19.2 Å². The Kier molecular flexibility index (Phi) is 2.01. The third-order valence-corrected chi connectivity index (χ3v) is 4.22. The van der Waals surface area contributed by atoms with Crippen molar-refractivity contribution >= 4 is 37.9 Å². The molecule has 7 nitrogen and oxygen atoms in total. The fourth-order valence-corrected chi connectivity index (χ4v) is 3.51. The number of fused-ring (bicyclic) bond motifs is 1. The molecule has 15 heavy (non-hydrogen) atoms. The van der Waals surface area contributed by atoms with Crippen molar-refractivity contribution in [2.75, 3.05) is 5.32 Å². The van der Waals surface area contributed by atoms with Crippen molar-refractivity contribution in [1.29, 1.82) is 0 Å². The first-order chi connectivity index (χ1) is 6.92. The Bertz CT molecular complexity index is 571. The minimum Gasteiger partial charge on any atom is -0.336 e. The highest BCUT2D eigenvalue weighted by molar-refractivity contribution is 7.90. The van der Waals surface area contributed by atoms with Crippen LogP contribution in [0.25, 0.3) is 0 Å². The van der Waals surface area contributed by atoms with Gasteiger partial charge in [0, 0.05) is 5.38 Å². The Morgan fingerprint density at radius 1 is 1.60 bits per heavy atom. The van der Waals surface area contributed by atoms with Gasteiger partial charge in [0.1, 0.15) is 10.7 Å². The number of nitro groups is 1. The second-order valence-electron chi connectivity index (χ2n) is 2.81. The lowest BCUT2D eigenvalue weighted by molar-refractivity contribution is -0.379. The molecule has 2 rings (SSSR count). The summed E-state index contributed by atoms with van der Waals surface area (Å²) >= 11 is 0.764. The zero-order valence-electron chi connectivity index (χ0n) is 7.42. The molecule has 0 saturated carbocycles. The fourth-order valence-electron chi connectivity index (χ4n) is 1.20. The Morgan fingerprint density at radius 2 is 2.27 bits per heavy atom. The summed E-state index contributed by atoms with van der Waals surface area (Å²) in [5.41, 5.74) is 0.0116. The molecule has 0 aliphatic carbocycles. The summed E-state index contributed by atoms with van der Waals surface area (Å²) < 4.78 is 26.3. The lowest BCUT2D eigenvalue weighted by atomic mass is 10.4. The maximum Gasteiger partial charge on any atom is 0.348 e. The molecule has 1 aromatic rings. The molecule has 0 fully saturated rings. The van der Waals surface area contributed by atoms with Gasteiger partial charge >= 0.3 is 5.00 Å². The second kappa shape index (κ2) is 3.00. The van der Waals surface area contributed by atoms with Crippen molar-refractivity contribution in [3.63, 3.8) is 0 Å². The van der Waals surface area contributed by atoms with Crippen LogP contribution in [0.5, 0.6) is 0 Å². The van der Waals surface area contributed by atoms with Gasteiger partial charge in [-0.2, -0.15) is 8.42 Å². The standard InChI is InChI=1S/C6H5N3O4S2/c1-3-7-5-4(15(12,13)8-3)2-14-6(5)9(10)11/h2H,1H3,(H,7,8). The van der Waals surface area contributed by atoms with E-state index in [0.717, 1.165) is 11.3 Å². The van der Waals surface area contributed by atoms with E-state index < -0.39 is 14.9 Å². The molecule has 0 atom stereocenters. The first-order valence-electron chi connectivity index (χ1n) is 3.76. The quantitative estimate of drug-likeness (QED) is 0.593. The van der Waals surface area contributed by atoms with Gasteiger partial charge in [0.2, 0.25) is 0 Å². The highest BCUT2D eigenvalue weighted by atomic mass is 32.2. The molecular formula is C6H5N3O4S2. The van der Waals surface area contributed by atoms with Crippen molar-refractivity contribution in [3.8, 4) is 0 Å². The number of hydrogen-bond donors (Lipinski definition) is 1. The van der Waals surface area contributed by atoms with E-state index in [2.05, 4.69) is 9.71 Å². The lowest BCUT2D eigenvalue weighted by Crippen LogP contribution is -2.17. The normalized spacial score (nSPS) is 17.5. The van der Waals surface area contributed by atoms with Crippen LogP contribution in [-0.2, 0) is 10.0 Å². The van der Waals surface area contributed by atoms with Crippen molar-refractivity contribution in [2.24, 2.45) is 4.40 Å². The molecular weight excluding hydrogens is 242 g/mol. The van der Waals surface area contributed by atoms with Crippen LogP contribution in [0.15, 0.2) is 14.7 Å². The maximum atomic E-state index is 11.5. The van der Waals surface area contributed by atoms with Crippen LogP contribution in [0.3, 0.4) is 0 Å². The number of nitrogens with zero attached hydrogens (tertiary/aromatic N) is 2. The van der Waals surface area contributed by atoms with Crippen LogP contribution in [0.4, 0.5) is 10.7 Å². The SMILES string of the molecule is CC1=NS(=O)(=O)c2csc([N+](=O)[O-])c2N1. The topological polar surface area (TPSA) is 102 Å². The summed E-state index contributed by atoms with van der Waals surface area (Å²) in [6, 6.07) is 0. The van der Waals surface area contributed by atoms with Crippen molar-refractivity contribution in [2.45, 2.75) is 11.8 Å². The molecule has 0 aromatic carbocycles. The lowest BCUT2D eigenvalue weighted by Gasteiger charge is -2.10. The van der Waals surface area contributed by atoms with Gasteiger partial charge in [-0.1, -0.05) is 11.3 Å². The monoisotopic (exact) mass is 247 g/mol. The van der Waals surface area contributed by atoms with Crippen LogP contribution >= 0.6 is 11.3 Å². The number of nitrogens with one attached hydrogen (secondary N) is 1. The number of rotatable bonds is 1. The van der Waals surface area contributed by atoms with Gasteiger partial charge in [0.15, 0.2) is 5.69 Å². The molecule has 9 heteroatoms. The smallest absolute Gasteiger partial charge is 0.336 e. The zero-order valence-corrected chi connectivity index (χ0v) is 9.05. The van der Waals surface area contributed by atoms with E-state index in [9.17, 15) is 18.5 Å². The first-order valence-corrected chi connectivity index (χ1v) is 6.08. The summed E-state index contributed by atoms with van der Waals surface area (Å²) in [7, 11) is -3.77. The molecule has 0 amide bonds. The summed E-state index contributed by atoms with van der Waals surface area (Å²) in [6.07, 6.45) is 0. The van der Waals surface area contributed by atoms with E-state index >= 15 is 0 Å². The highest BCUT2D eigenvalue weighted by Gasteiger charge is 2.32. The minimum atomic E-state index is -3.77. The zero-order chi connectivity index (χ0) is 11.2. The summed E-state index contributed by atoms with van der Waals surface area (Å²) in [4.78, 5) is 9.84. The number of thiophene rings is 1. The fraction of sp³-hybridized carbons (Fsp3) is 0.167. The van der Waals surface area contributed by atoms with E-state index in [1.54, 1.807) is 0 Å². The van der Waals surface area contributed by atoms with Crippen molar-refractivity contribution in [1.82, 2.24) is 0 Å². The van der Waals surface area contributed by atoms with E-state index in [0.29, 0.717) is 0 Å². The van der Waals surface area contributed by atoms with Gasteiger partial charge in [-0.25, -0.2) is 0 Å². The number of amidine groups is 1. The number of anilines is 1. The van der Waals surface area contributed by atoms with Crippen molar-refractivity contribution in [3.05, 3.63) is 15.5 Å². The number of sulfonamides is 1. The van der Waals surface area contributed by atoms with Gasteiger partial charge < -0.3 is 5.32 Å². The number of hydrogen-bond acceptors (Lipinski definition) is 6. The molecule has 1 aliphatic heterocycles. The summed E-state index contributed by atoms with van der Waals surface area (Å²) in [5.74, 6) is 0.129. The first kappa shape index (κ1) is 10.1. The molecule has 2 heterocycles. The van der Waals surface area contributed by atoms with Gasteiger partial charge in [0.25, 0.3) is 10.0 Å². The molecule has 0 spiro atoms. The van der Waals surface area contributed by atoms with Crippen molar-refractivity contribution < 1.29 is 13.3 Å². The van der Waals surface area contributed by atoms with Crippen LogP contribution in [0.2, 0.25) is 0 Å². The molecule has 1 aromatic heterocycles. The predicted molar refractivity (Wildman–Crippen MR) is 54.9 cm³/mol. The molecule has 1 aliphatic rings. The highest BCUT2D eigenvalue weighted by Crippen LogP contribution is 2.40. The van der Waals surface area contributed by atoms with E-state index in [1.165, 1.54) is 12.3 Å². The largest absolute Gasteiger partial charge is 0.348 e. The van der Waals surface area contributed by atoms with Gasteiger partial charge in [-0.3, -0.25) is 10.1 Å². The van der Waals surface area contributed by atoms with Gasteiger partial charge in [-0.05, 0) is 6.92 Å². The molecule has 1 N–H and O–H groups in total. The third kappa shape index (κ3) is 1.49. The maximum absolute atomic E-state index is 11.5. The second-order valence-corrected chi connectivity index (χ2v) is 5.24. The Morgan fingerprint density at radius 3 is 2.87 bits per heavy atom. The van der Waals surface area contributed by atoms with Gasteiger partial charge in [-0.15, -0.1) is 4.40 Å². The average Bonchev–Trinajstić information content (AvgIpc) is 2.45. The summed E-state index contributed by atoms with van der Waals surface area (Å²) in [6.45, 7) is 1.43. The van der Waals surface area contributed by atoms with Crippen LogP contribution < -0.4 is 5.32 Å². The Labute approximate surface area is 88.7 Å². The molecule has 0 bridgehead atoms. The Hall–Kier alpha value is -1.48. The molecule has 0 radical (unpaired) electrons. The minimum absolute atomic E-state index is 0.0116. The van der Waals surface area contributed by atoms with Crippen LogP contribution in [0, 0.1) is 10.1 Å². The average molecular weight is 247 g/mol. The third-order valence-electron chi connectivity index (χ3n) is 1.74. The molecule has 0 saturated heterocycles. The molecule has 80 valence electrons. The van der Waals surface area contributed by atoms with E-state index in [-0.39, 0.29) is 21.4 Å². The van der Waals surface area contributed by atoms with Crippen LogP contribution in [0.1, 0.15) is 6.92 Å².